The third kappa shape index (κ3) is 5.25. The van der Waals surface area contributed by atoms with Crippen LogP contribution in [0.4, 0.5) is 4.39 Å². The highest BCUT2D eigenvalue weighted by molar-refractivity contribution is 9.06. The maximum absolute atomic E-state index is 12.7. The molecule has 0 aliphatic carbocycles. The van der Waals surface area contributed by atoms with Crippen molar-refractivity contribution in [3.8, 4) is 11.5 Å². The molecule has 1 unspecified atom stereocenters. The van der Waals surface area contributed by atoms with E-state index in [1.807, 2.05) is 12.1 Å². The smallest absolute Gasteiger partial charge is 0.324 e. The summed E-state index contributed by atoms with van der Waals surface area (Å²) in [6, 6.07) is 13.0. The summed E-state index contributed by atoms with van der Waals surface area (Å²) in [6.45, 7) is 2.46. The van der Waals surface area contributed by atoms with Crippen molar-refractivity contribution >= 4 is 22.2 Å². The van der Waals surface area contributed by atoms with Crippen LogP contribution in [-0.2, 0) is 8.62 Å². The largest absolute Gasteiger partial charge is 0.490 e. The van der Waals surface area contributed by atoms with E-state index in [0.717, 1.165) is 5.56 Å². The highest BCUT2D eigenvalue weighted by Crippen LogP contribution is 2.21. The minimum absolute atomic E-state index is 0.299. The van der Waals surface area contributed by atoms with Crippen LogP contribution in [0.5, 0.6) is 11.5 Å². The predicted molar refractivity (Wildman–Crippen MR) is 87.3 cm³/mol. The maximum Gasteiger partial charge on any atom is 0.324 e. The molecule has 0 radical (unpaired) electrons. The number of carbonyl (C=O) groups excluding carboxylic acids is 1. The molecule has 0 bridgehead atoms. The molecular formula is C17H16BrFO4. The lowest BCUT2D eigenvalue weighted by atomic mass is 10.0. The second kappa shape index (κ2) is 8.53. The minimum atomic E-state index is -0.356. The Kier molecular flexibility index (Phi) is 6.40. The van der Waals surface area contributed by atoms with Crippen LogP contribution in [0.3, 0.4) is 0 Å². The standard InChI is InChI=1S/C17H16BrFO4/c1-12(17(20)23-18)13-2-6-15(7-3-13)21-10-11-22-16-8-4-14(19)5-9-16/h2-9,12H,10-11H2,1H3. The van der Waals surface area contributed by atoms with Crippen molar-refractivity contribution in [2.45, 2.75) is 12.8 Å². The van der Waals surface area contributed by atoms with Crippen molar-refractivity contribution in [3.63, 3.8) is 0 Å². The molecule has 0 N–H and O–H groups in total. The molecule has 0 saturated carbocycles. The Morgan fingerprint density at radius 2 is 1.48 bits per heavy atom. The monoisotopic (exact) mass is 382 g/mol. The van der Waals surface area contributed by atoms with Crippen molar-refractivity contribution in [2.75, 3.05) is 13.2 Å². The summed E-state index contributed by atoms with van der Waals surface area (Å²) in [4.78, 5) is 11.4. The van der Waals surface area contributed by atoms with Gasteiger partial charge in [0.2, 0.25) is 0 Å². The zero-order valence-corrected chi connectivity index (χ0v) is 14.1. The summed E-state index contributed by atoms with van der Waals surface area (Å²) < 4.78 is 28.3. The lowest BCUT2D eigenvalue weighted by Crippen LogP contribution is -2.10. The second-order valence-corrected chi connectivity index (χ2v) is 5.16. The van der Waals surface area contributed by atoms with E-state index in [1.165, 1.54) is 12.1 Å². The Labute approximate surface area is 142 Å². The van der Waals surface area contributed by atoms with Gasteiger partial charge in [0.1, 0.15) is 30.5 Å². The normalized spacial score (nSPS) is 11.6. The van der Waals surface area contributed by atoms with Gasteiger partial charge < -0.3 is 13.3 Å². The van der Waals surface area contributed by atoms with E-state index in [1.54, 1.807) is 31.2 Å². The molecule has 2 rings (SSSR count). The molecule has 122 valence electrons. The average molecular weight is 383 g/mol. The number of hydrogen-bond donors (Lipinski definition) is 0. The van der Waals surface area contributed by atoms with E-state index in [0.29, 0.717) is 24.7 Å². The predicted octanol–water partition coefficient (Wildman–Crippen LogP) is 4.24. The van der Waals surface area contributed by atoms with E-state index in [4.69, 9.17) is 9.47 Å². The van der Waals surface area contributed by atoms with Crippen LogP contribution < -0.4 is 9.47 Å². The quantitative estimate of drug-likeness (QED) is 0.671. The van der Waals surface area contributed by atoms with Crippen LogP contribution in [0.15, 0.2) is 48.5 Å². The lowest BCUT2D eigenvalue weighted by Gasteiger charge is -2.11. The van der Waals surface area contributed by atoms with Crippen molar-refractivity contribution in [1.82, 2.24) is 0 Å². The number of ether oxygens (including phenoxy) is 2. The van der Waals surface area contributed by atoms with Crippen molar-refractivity contribution in [1.29, 1.82) is 0 Å². The molecule has 0 aliphatic rings. The summed E-state index contributed by atoms with van der Waals surface area (Å²) >= 11 is 2.68. The number of halogens is 2. The fourth-order valence-corrected chi connectivity index (χ4v) is 2.19. The van der Waals surface area contributed by atoms with Gasteiger partial charge in [0.25, 0.3) is 0 Å². The SMILES string of the molecule is CC(C(=O)OBr)c1ccc(OCCOc2ccc(F)cc2)cc1. The molecule has 0 amide bonds. The molecule has 0 fully saturated rings. The van der Waals surface area contributed by atoms with Crippen molar-refractivity contribution in [3.05, 3.63) is 59.9 Å². The van der Waals surface area contributed by atoms with E-state index in [-0.39, 0.29) is 17.7 Å². The first-order valence-electron chi connectivity index (χ1n) is 7.03. The van der Waals surface area contributed by atoms with Gasteiger partial charge in [-0.1, -0.05) is 12.1 Å². The fraction of sp³-hybridized carbons (Fsp3) is 0.235. The molecule has 23 heavy (non-hydrogen) atoms. The molecule has 1 atom stereocenters. The Bertz CT molecular complexity index is 628. The van der Waals surface area contributed by atoms with Crippen LogP contribution in [-0.4, -0.2) is 19.2 Å². The first-order valence-corrected chi connectivity index (χ1v) is 7.68. The fourth-order valence-electron chi connectivity index (χ4n) is 1.91. The van der Waals surface area contributed by atoms with E-state index >= 15 is 0 Å². The number of hydrogen-bond acceptors (Lipinski definition) is 4. The summed E-state index contributed by atoms with van der Waals surface area (Å²) in [5, 5.41) is 0. The minimum Gasteiger partial charge on any atom is -0.490 e. The van der Waals surface area contributed by atoms with Gasteiger partial charge in [0.15, 0.2) is 16.3 Å². The molecule has 0 spiro atoms. The maximum atomic E-state index is 12.7. The molecule has 0 saturated heterocycles. The summed E-state index contributed by atoms with van der Waals surface area (Å²) in [5.74, 6) is 0.256. The van der Waals surface area contributed by atoms with Crippen LogP contribution in [0.2, 0.25) is 0 Å². The highest BCUT2D eigenvalue weighted by Gasteiger charge is 2.16. The molecular weight excluding hydrogens is 367 g/mol. The third-order valence-corrected chi connectivity index (χ3v) is 3.56. The average Bonchev–Trinajstić information content (AvgIpc) is 2.59. The Morgan fingerprint density at radius 3 is 1.96 bits per heavy atom. The number of carbonyl (C=O) groups is 1. The molecule has 0 aromatic heterocycles. The first kappa shape index (κ1) is 17.3. The second-order valence-electron chi connectivity index (χ2n) is 4.84. The van der Waals surface area contributed by atoms with Crippen LogP contribution >= 0.6 is 16.3 Å². The van der Waals surface area contributed by atoms with Gasteiger partial charge in [-0.15, -0.1) is 0 Å². The van der Waals surface area contributed by atoms with Gasteiger partial charge >= 0.3 is 5.97 Å². The Morgan fingerprint density at radius 1 is 1.00 bits per heavy atom. The zero-order valence-electron chi connectivity index (χ0n) is 12.5. The van der Waals surface area contributed by atoms with E-state index < -0.39 is 0 Å². The van der Waals surface area contributed by atoms with Crippen LogP contribution in [0.25, 0.3) is 0 Å². The van der Waals surface area contributed by atoms with Crippen LogP contribution in [0.1, 0.15) is 18.4 Å². The first-order chi connectivity index (χ1) is 11.1. The van der Waals surface area contributed by atoms with Gasteiger partial charge in [0.05, 0.1) is 5.92 Å². The van der Waals surface area contributed by atoms with Crippen LogP contribution in [0, 0.1) is 5.82 Å². The Hall–Kier alpha value is -2.08. The molecule has 2 aromatic carbocycles. The summed E-state index contributed by atoms with van der Waals surface area (Å²) in [7, 11) is 0. The topological polar surface area (TPSA) is 44.8 Å². The molecule has 4 nitrogen and oxygen atoms in total. The van der Waals surface area contributed by atoms with Gasteiger partial charge in [-0.2, -0.15) is 0 Å². The highest BCUT2D eigenvalue weighted by atomic mass is 79.9. The molecule has 0 aliphatic heterocycles. The number of benzene rings is 2. The molecule has 0 heterocycles. The number of rotatable bonds is 7. The lowest BCUT2D eigenvalue weighted by molar-refractivity contribution is -0.133. The third-order valence-electron chi connectivity index (χ3n) is 3.24. The summed E-state index contributed by atoms with van der Waals surface area (Å²) in [5.41, 5.74) is 0.837. The summed E-state index contributed by atoms with van der Waals surface area (Å²) in [6.07, 6.45) is 0. The van der Waals surface area contributed by atoms with Gasteiger partial charge in [-0.25, -0.2) is 4.39 Å². The Balaban J connectivity index is 1.78. The molecule has 2 aromatic rings. The van der Waals surface area contributed by atoms with Gasteiger partial charge in [-0.3, -0.25) is 4.79 Å². The molecule has 6 heteroatoms. The van der Waals surface area contributed by atoms with Gasteiger partial charge in [-0.05, 0) is 48.9 Å². The van der Waals surface area contributed by atoms with E-state index in [9.17, 15) is 9.18 Å². The van der Waals surface area contributed by atoms with Crippen molar-refractivity contribution < 1.29 is 22.5 Å². The van der Waals surface area contributed by atoms with Gasteiger partial charge in [0, 0.05) is 0 Å². The van der Waals surface area contributed by atoms with E-state index in [2.05, 4.69) is 20.1 Å². The van der Waals surface area contributed by atoms with Crippen molar-refractivity contribution in [2.24, 2.45) is 0 Å². The zero-order chi connectivity index (χ0) is 16.7.